The molecule has 2 heterocycles. The highest BCUT2D eigenvalue weighted by Crippen LogP contribution is 2.30. The van der Waals surface area contributed by atoms with Crippen molar-refractivity contribution >= 4 is 45.4 Å². The zero-order valence-electron chi connectivity index (χ0n) is 16.0. The molecule has 2 N–H and O–H groups in total. The Morgan fingerprint density at radius 3 is 2.76 bits per heavy atom. The van der Waals surface area contributed by atoms with Crippen LogP contribution in [0, 0.1) is 6.92 Å². The molecule has 0 aliphatic rings. The summed E-state index contributed by atoms with van der Waals surface area (Å²) in [5.74, 6) is -0.898. The second-order valence-corrected chi connectivity index (χ2v) is 8.55. The standard InChI is InChI=1S/C20H19ClN2O5S/c1-4-29(27)17-9-15(24)13-8-10(2)7-12(19(13)28-17)11(3)22-14-5-6-16(21)23-18(14)20(25)26/h5-9,11,22H,4H2,1-3H3,(H,25,26). The van der Waals surface area contributed by atoms with E-state index in [2.05, 4.69) is 10.3 Å². The maximum absolute atomic E-state index is 12.6. The molecule has 0 saturated heterocycles. The second-order valence-electron chi connectivity index (χ2n) is 6.50. The van der Waals surface area contributed by atoms with Crippen LogP contribution in [0.4, 0.5) is 5.69 Å². The van der Waals surface area contributed by atoms with Gasteiger partial charge in [0.2, 0.25) is 0 Å². The van der Waals surface area contributed by atoms with E-state index in [1.54, 1.807) is 19.9 Å². The smallest absolute Gasteiger partial charge is 0.356 e. The van der Waals surface area contributed by atoms with Gasteiger partial charge in [0.15, 0.2) is 11.1 Å². The minimum absolute atomic E-state index is 0.0688. The number of nitrogens with one attached hydrogen (secondary N) is 1. The summed E-state index contributed by atoms with van der Waals surface area (Å²) in [6.45, 7) is 5.39. The van der Waals surface area contributed by atoms with Crippen molar-refractivity contribution in [2.75, 3.05) is 11.1 Å². The van der Waals surface area contributed by atoms with Crippen LogP contribution in [0.3, 0.4) is 0 Å². The maximum Gasteiger partial charge on any atom is 0.356 e. The molecule has 7 nitrogen and oxygen atoms in total. The summed E-state index contributed by atoms with van der Waals surface area (Å²) in [5, 5.41) is 13.0. The van der Waals surface area contributed by atoms with Crippen LogP contribution in [0.15, 0.2) is 44.6 Å². The molecular formula is C20H19ClN2O5S. The van der Waals surface area contributed by atoms with Crippen molar-refractivity contribution in [2.24, 2.45) is 0 Å². The molecule has 0 bridgehead atoms. The quantitative estimate of drug-likeness (QED) is 0.442. The van der Waals surface area contributed by atoms with Gasteiger partial charge in [0.1, 0.15) is 16.5 Å². The highest BCUT2D eigenvalue weighted by molar-refractivity contribution is 7.91. The molecule has 29 heavy (non-hydrogen) atoms. The van der Waals surface area contributed by atoms with Crippen molar-refractivity contribution < 1.29 is 18.9 Å². The number of rotatable bonds is 6. The molecule has 9 heteroatoms. The summed E-state index contributed by atoms with van der Waals surface area (Å²) in [4.78, 5) is 27.9. The summed E-state index contributed by atoms with van der Waals surface area (Å²) < 4.78 is 18.0. The van der Waals surface area contributed by atoms with Gasteiger partial charge in [0.25, 0.3) is 0 Å². The number of aromatic carboxylic acids is 1. The Bertz CT molecular complexity index is 1150. The molecular weight excluding hydrogens is 416 g/mol. The lowest BCUT2D eigenvalue weighted by Crippen LogP contribution is -2.15. The maximum atomic E-state index is 12.6. The molecule has 0 saturated carbocycles. The Morgan fingerprint density at radius 2 is 2.10 bits per heavy atom. The van der Waals surface area contributed by atoms with E-state index in [9.17, 15) is 19.2 Å². The lowest BCUT2D eigenvalue weighted by atomic mass is 10.0. The zero-order chi connectivity index (χ0) is 21.3. The van der Waals surface area contributed by atoms with Crippen molar-refractivity contribution in [2.45, 2.75) is 31.9 Å². The summed E-state index contributed by atoms with van der Waals surface area (Å²) >= 11 is 4.39. The van der Waals surface area contributed by atoms with Gasteiger partial charge < -0.3 is 19.4 Å². The number of hydrogen-bond acceptors (Lipinski definition) is 6. The fourth-order valence-corrected chi connectivity index (χ4v) is 3.86. The van der Waals surface area contributed by atoms with Gasteiger partial charge in [-0.15, -0.1) is 0 Å². The molecule has 3 aromatic rings. The van der Waals surface area contributed by atoms with Gasteiger partial charge in [-0.25, -0.2) is 9.78 Å². The Hall–Kier alpha value is -2.55. The molecule has 152 valence electrons. The second kappa shape index (κ2) is 8.44. The van der Waals surface area contributed by atoms with Crippen LogP contribution in [0.1, 0.15) is 41.5 Å². The van der Waals surface area contributed by atoms with E-state index in [4.69, 9.17) is 16.0 Å². The van der Waals surface area contributed by atoms with Crippen LogP contribution in [0.25, 0.3) is 11.0 Å². The van der Waals surface area contributed by atoms with E-state index in [0.29, 0.717) is 22.3 Å². The highest BCUT2D eigenvalue weighted by atomic mass is 35.5. The molecule has 1 aromatic carbocycles. The van der Waals surface area contributed by atoms with Gasteiger partial charge in [0.05, 0.1) is 23.2 Å². The molecule has 0 amide bonds. The normalized spacial score (nSPS) is 13.3. The molecule has 2 aromatic heterocycles. The van der Waals surface area contributed by atoms with E-state index >= 15 is 0 Å². The first-order valence-corrected chi connectivity index (χ1v) is 10.5. The number of hydrogen-bond donors (Lipinski definition) is 2. The summed E-state index contributed by atoms with van der Waals surface area (Å²) in [6, 6.07) is 7.39. The van der Waals surface area contributed by atoms with E-state index in [0.717, 1.165) is 5.56 Å². The Kier molecular flexibility index (Phi) is 6.16. The number of aryl methyl sites for hydroxylation is 1. The first-order chi connectivity index (χ1) is 13.7. The van der Waals surface area contributed by atoms with Crippen molar-refractivity contribution in [3.8, 4) is 0 Å². The molecule has 0 aliphatic heterocycles. The molecule has 2 unspecified atom stereocenters. The topological polar surface area (TPSA) is 115 Å². The number of halogens is 1. The van der Waals surface area contributed by atoms with Gasteiger partial charge >= 0.3 is 11.1 Å². The van der Waals surface area contributed by atoms with E-state index in [1.807, 2.05) is 13.0 Å². The molecule has 2 atom stereocenters. The minimum Gasteiger partial charge on any atom is -0.609 e. The predicted octanol–water partition coefficient (Wildman–Crippen LogP) is 4.15. The number of carboxylic acids is 1. The highest BCUT2D eigenvalue weighted by Gasteiger charge is 2.21. The van der Waals surface area contributed by atoms with Gasteiger partial charge in [-0.05, 0) is 44.5 Å². The van der Waals surface area contributed by atoms with E-state index in [-0.39, 0.29) is 27.1 Å². The third-order valence-electron chi connectivity index (χ3n) is 4.37. The first kappa shape index (κ1) is 21.2. The first-order valence-electron chi connectivity index (χ1n) is 8.84. The predicted molar refractivity (Wildman–Crippen MR) is 112 cm³/mol. The van der Waals surface area contributed by atoms with Gasteiger partial charge in [-0.3, -0.25) is 4.79 Å². The average Bonchev–Trinajstić information content (AvgIpc) is 2.68. The van der Waals surface area contributed by atoms with Crippen LogP contribution < -0.4 is 10.7 Å². The number of nitrogens with zero attached hydrogens (tertiary/aromatic N) is 1. The van der Waals surface area contributed by atoms with Crippen molar-refractivity contribution in [3.05, 3.63) is 62.5 Å². The number of pyridine rings is 1. The SMILES string of the molecule is CC[S+]([O-])c1cc(=O)c2cc(C)cc(C(C)Nc3ccc(Cl)nc3C(=O)O)c2o1. The monoisotopic (exact) mass is 434 g/mol. The summed E-state index contributed by atoms with van der Waals surface area (Å²) in [5.41, 5.74) is 1.58. The van der Waals surface area contributed by atoms with Crippen LogP contribution in [-0.2, 0) is 11.2 Å². The van der Waals surface area contributed by atoms with Crippen LogP contribution in [0.2, 0.25) is 5.15 Å². The Morgan fingerprint density at radius 1 is 1.38 bits per heavy atom. The van der Waals surface area contributed by atoms with Crippen LogP contribution in [-0.4, -0.2) is 26.4 Å². The molecule has 3 rings (SSSR count). The Balaban J connectivity index is 2.13. The molecule has 0 aliphatic carbocycles. The van der Waals surface area contributed by atoms with Crippen molar-refractivity contribution in [3.63, 3.8) is 0 Å². The number of carboxylic acid groups (broad SMARTS) is 1. The molecule has 0 fully saturated rings. The number of fused-ring (bicyclic) bond motifs is 1. The third-order valence-corrected chi connectivity index (χ3v) is 5.75. The van der Waals surface area contributed by atoms with E-state index in [1.165, 1.54) is 18.2 Å². The van der Waals surface area contributed by atoms with Gasteiger partial charge in [0, 0.05) is 16.7 Å². The van der Waals surface area contributed by atoms with E-state index < -0.39 is 23.2 Å². The fourth-order valence-electron chi connectivity index (χ4n) is 3.01. The number of aromatic nitrogens is 1. The van der Waals surface area contributed by atoms with Crippen molar-refractivity contribution in [1.82, 2.24) is 4.98 Å². The number of benzene rings is 1. The lowest BCUT2D eigenvalue weighted by Gasteiger charge is -2.19. The zero-order valence-corrected chi connectivity index (χ0v) is 17.6. The van der Waals surface area contributed by atoms with Gasteiger partial charge in [-0.2, -0.15) is 0 Å². The van der Waals surface area contributed by atoms with Crippen LogP contribution in [0.5, 0.6) is 0 Å². The third kappa shape index (κ3) is 4.39. The summed E-state index contributed by atoms with van der Waals surface area (Å²) in [7, 11) is 0. The fraction of sp³-hybridized carbons (Fsp3) is 0.250. The van der Waals surface area contributed by atoms with Crippen LogP contribution >= 0.6 is 11.6 Å². The largest absolute Gasteiger partial charge is 0.609 e. The summed E-state index contributed by atoms with van der Waals surface area (Å²) in [6.07, 6.45) is 0. The van der Waals surface area contributed by atoms with Gasteiger partial charge in [-0.1, -0.05) is 17.7 Å². The number of carbonyl (C=O) groups is 1. The average molecular weight is 435 g/mol. The lowest BCUT2D eigenvalue weighted by molar-refractivity contribution is 0.0691. The molecule has 0 spiro atoms. The Labute approximate surface area is 174 Å². The minimum atomic E-state index is -1.42. The van der Waals surface area contributed by atoms with Crippen molar-refractivity contribution in [1.29, 1.82) is 0 Å². The number of anilines is 1. The molecule has 0 radical (unpaired) electrons.